The summed E-state index contributed by atoms with van der Waals surface area (Å²) >= 11 is 6.20. The average molecular weight is 340 g/mol. The molecule has 1 amide bonds. The Labute approximate surface area is 137 Å². The molecule has 8 heteroatoms. The van der Waals surface area contributed by atoms with E-state index in [1.807, 2.05) is 0 Å². The Kier molecular flexibility index (Phi) is 5.33. The zero-order valence-electron chi connectivity index (χ0n) is 12.6. The van der Waals surface area contributed by atoms with Crippen LogP contribution in [0.1, 0.15) is 21.6 Å². The number of ether oxygens (including phenoxy) is 1. The van der Waals surface area contributed by atoms with Crippen LogP contribution in [0.3, 0.4) is 0 Å². The van der Waals surface area contributed by atoms with Crippen LogP contribution < -0.4 is 5.32 Å². The summed E-state index contributed by atoms with van der Waals surface area (Å²) in [4.78, 5) is 23.2. The quantitative estimate of drug-likeness (QED) is 0.845. The first-order valence-electron chi connectivity index (χ1n) is 6.74. The topological polar surface area (TPSA) is 73.2 Å². The Morgan fingerprint density at radius 2 is 2.00 bits per heavy atom. The molecule has 0 aliphatic heterocycles. The maximum absolute atomic E-state index is 12.9. The van der Waals surface area contributed by atoms with Crippen molar-refractivity contribution in [1.29, 1.82) is 0 Å². The first-order valence-corrected chi connectivity index (χ1v) is 7.12. The minimum atomic E-state index is -0.564. The van der Waals surface area contributed by atoms with Crippen LogP contribution in [0, 0.1) is 12.7 Å². The minimum absolute atomic E-state index is 0.147. The van der Waals surface area contributed by atoms with Crippen LogP contribution >= 0.6 is 11.6 Å². The number of nitrogens with one attached hydrogen (secondary N) is 1. The van der Waals surface area contributed by atoms with Gasteiger partial charge < -0.3 is 10.1 Å². The maximum Gasteiger partial charge on any atom is 0.325 e. The Morgan fingerprint density at radius 1 is 1.35 bits per heavy atom. The van der Waals surface area contributed by atoms with Gasteiger partial charge in [0.1, 0.15) is 17.5 Å². The summed E-state index contributed by atoms with van der Waals surface area (Å²) in [5.41, 5.74) is 1.41. The van der Waals surface area contributed by atoms with Crippen molar-refractivity contribution in [2.45, 2.75) is 13.5 Å². The van der Waals surface area contributed by atoms with Crippen molar-refractivity contribution < 1.29 is 18.7 Å². The smallest absolute Gasteiger partial charge is 0.325 e. The van der Waals surface area contributed by atoms with E-state index in [0.717, 1.165) is 5.56 Å². The lowest BCUT2D eigenvalue weighted by molar-refractivity contribution is -0.139. The van der Waals surface area contributed by atoms with Gasteiger partial charge in [0.2, 0.25) is 0 Å². The summed E-state index contributed by atoms with van der Waals surface area (Å²) in [6.07, 6.45) is 0. The Hall–Kier alpha value is -2.41. The number of rotatable bonds is 5. The van der Waals surface area contributed by atoms with Crippen molar-refractivity contribution >= 4 is 23.5 Å². The number of benzene rings is 1. The molecular formula is C15H15ClFN3O3. The number of carbonyl (C=O) groups excluding carboxylic acids is 2. The summed E-state index contributed by atoms with van der Waals surface area (Å²) in [6.45, 7) is 1.68. The van der Waals surface area contributed by atoms with Gasteiger partial charge in [-0.25, -0.2) is 9.07 Å². The van der Waals surface area contributed by atoms with Gasteiger partial charge in [-0.15, -0.1) is 0 Å². The zero-order chi connectivity index (χ0) is 17.0. The molecule has 0 unspecified atom stereocenters. The van der Waals surface area contributed by atoms with Crippen molar-refractivity contribution in [2.24, 2.45) is 0 Å². The molecule has 122 valence electrons. The number of esters is 1. The van der Waals surface area contributed by atoms with E-state index in [1.165, 1.54) is 23.9 Å². The normalized spacial score (nSPS) is 10.4. The highest BCUT2D eigenvalue weighted by Crippen LogP contribution is 2.21. The lowest BCUT2D eigenvalue weighted by Gasteiger charge is -2.05. The molecule has 1 aromatic carbocycles. The molecule has 1 aromatic heterocycles. The second-order valence-electron chi connectivity index (χ2n) is 4.79. The third kappa shape index (κ3) is 4.07. The number of halogens is 2. The highest BCUT2D eigenvalue weighted by molar-refractivity contribution is 6.33. The number of nitrogens with zero attached hydrogens (tertiary/aromatic N) is 2. The van der Waals surface area contributed by atoms with Gasteiger partial charge in [0.15, 0.2) is 0 Å². The van der Waals surface area contributed by atoms with Crippen molar-refractivity contribution in [3.63, 3.8) is 0 Å². The fraction of sp³-hybridized carbons (Fsp3) is 0.267. The van der Waals surface area contributed by atoms with Crippen LogP contribution in [0.4, 0.5) is 4.39 Å². The summed E-state index contributed by atoms with van der Waals surface area (Å²) in [5.74, 6) is -1.41. The van der Waals surface area contributed by atoms with Gasteiger partial charge >= 0.3 is 5.97 Å². The average Bonchev–Trinajstić information content (AvgIpc) is 2.81. The van der Waals surface area contributed by atoms with Gasteiger partial charge in [0, 0.05) is 0 Å². The van der Waals surface area contributed by atoms with Crippen molar-refractivity contribution in [1.82, 2.24) is 15.1 Å². The van der Waals surface area contributed by atoms with Gasteiger partial charge in [-0.3, -0.25) is 9.59 Å². The molecule has 0 aliphatic rings. The third-order valence-corrected chi connectivity index (χ3v) is 3.54. The molecule has 0 spiro atoms. The number of amides is 1. The highest BCUT2D eigenvalue weighted by Gasteiger charge is 2.20. The summed E-state index contributed by atoms with van der Waals surface area (Å²) in [5, 5.41) is 6.77. The molecule has 0 bridgehead atoms. The first kappa shape index (κ1) is 17.0. The molecule has 0 atom stereocenters. The number of hydrogen-bond acceptors (Lipinski definition) is 4. The molecule has 0 fully saturated rings. The molecule has 6 nitrogen and oxygen atoms in total. The Morgan fingerprint density at radius 3 is 2.61 bits per heavy atom. The number of hydrogen-bond donors (Lipinski definition) is 1. The van der Waals surface area contributed by atoms with E-state index in [1.54, 1.807) is 19.1 Å². The Balaban J connectivity index is 2.16. The standard InChI is InChI=1S/C15H15ClFN3O3/c1-9-13(15(22)18-7-12(21)23-2)14(16)20(19-9)8-10-3-5-11(17)6-4-10/h3-6H,7-8H2,1-2H3,(H,18,22). The molecule has 0 saturated heterocycles. The van der Waals surface area contributed by atoms with Gasteiger partial charge in [0.05, 0.1) is 24.9 Å². The second kappa shape index (κ2) is 7.23. The number of aryl methyl sites for hydroxylation is 1. The van der Waals surface area contributed by atoms with Crippen LogP contribution in [0.15, 0.2) is 24.3 Å². The predicted octanol–water partition coefficient (Wildman–Crippen LogP) is 1.94. The summed E-state index contributed by atoms with van der Waals surface area (Å²) in [6, 6.07) is 5.90. The van der Waals surface area contributed by atoms with Crippen LogP contribution in [0.25, 0.3) is 0 Å². The zero-order valence-corrected chi connectivity index (χ0v) is 13.4. The lowest BCUT2D eigenvalue weighted by atomic mass is 10.2. The van der Waals surface area contributed by atoms with Gasteiger partial charge in [-0.05, 0) is 24.6 Å². The van der Waals surface area contributed by atoms with Crippen LogP contribution in [0.5, 0.6) is 0 Å². The molecular weight excluding hydrogens is 325 g/mol. The number of carbonyl (C=O) groups is 2. The largest absolute Gasteiger partial charge is 0.468 e. The van der Waals surface area contributed by atoms with E-state index >= 15 is 0 Å². The van der Waals surface area contributed by atoms with E-state index in [4.69, 9.17) is 11.6 Å². The molecule has 0 saturated carbocycles. The van der Waals surface area contributed by atoms with E-state index < -0.39 is 11.9 Å². The molecule has 2 rings (SSSR count). The molecule has 23 heavy (non-hydrogen) atoms. The van der Waals surface area contributed by atoms with E-state index in [-0.39, 0.29) is 23.1 Å². The fourth-order valence-electron chi connectivity index (χ4n) is 1.99. The summed E-state index contributed by atoms with van der Waals surface area (Å²) in [7, 11) is 1.23. The van der Waals surface area contributed by atoms with Gasteiger partial charge in [-0.1, -0.05) is 23.7 Å². The molecule has 1 heterocycles. The van der Waals surface area contributed by atoms with Crippen molar-refractivity contribution in [3.05, 3.63) is 52.1 Å². The van der Waals surface area contributed by atoms with Crippen LogP contribution in [-0.4, -0.2) is 35.3 Å². The van der Waals surface area contributed by atoms with Gasteiger partial charge in [0.25, 0.3) is 5.91 Å². The molecule has 2 aromatic rings. The van der Waals surface area contributed by atoms with Crippen molar-refractivity contribution in [2.75, 3.05) is 13.7 Å². The SMILES string of the molecule is COC(=O)CNC(=O)c1c(C)nn(Cc2ccc(F)cc2)c1Cl. The Bertz CT molecular complexity index is 728. The second-order valence-corrected chi connectivity index (χ2v) is 5.15. The summed E-state index contributed by atoms with van der Waals surface area (Å²) < 4.78 is 18.8. The maximum atomic E-state index is 12.9. The monoisotopic (exact) mass is 339 g/mol. The van der Waals surface area contributed by atoms with Gasteiger partial charge in [-0.2, -0.15) is 5.10 Å². The van der Waals surface area contributed by atoms with E-state index in [9.17, 15) is 14.0 Å². The molecule has 0 radical (unpaired) electrons. The first-order chi connectivity index (χ1) is 10.9. The third-order valence-electron chi connectivity index (χ3n) is 3.16. The van der Waals surface area contributed by atoms with Crippen molar-refractivity contribution in [3.8, 4) is 0 Å². The number of aromatic nitrogens is 2. The molecule has 0 aliphatic carbocycles. The van der Waals surface area contributed by atoms with Crippen LogP contribution in [-0.2, 0) is 16.1 Å². The highest BCUT2D eigenvalue weighted by atomic mass is 35.5. The molecule has 1 N–H and O–H groups in total. The van der Waals surface area contributed by atoms with E-state index in [0.29, 0.717) is 12.2 Å². The lowest BCUT2D eigenvalue weighted by Crippen LogP contribution is -2.30. The number of methoxy groups -OCH3 is 1. The fourth-order valence-corrected chi connectivity index (χ4v) is 2.31. The minimum Gasteiger partial charge on any atom is -0.468 e. The van der Waals surface area contributed by atoms with Crippen LogP contribution in [0.2, 0.25) is 5.15 Å². The predicted molar refractivity (Wildman–Crippen MR) is 81.8 cm³/mol. The van der Waals surface area contributed by atoms with E-state index in [2.05, 4.69) is 15.2 Å².